The summed E-state index contributed by atoms with van der Waals surface area (Å²) in [5, 5.41) is 3.25. The number of aromatic nitrogens is 2. The smallest absolute Gasteiger partial charge is 0.337 e. The number of methoxy groups -OCH3 is 1. The number of nitrogens with one attached hydrogen (secondary N) is 2. The third-order valence-electron chi connectivity index (χ3n) is 7.22. The Kier molecular flexibility index (Phi) is 9.40. The lowest BCUT2D eigenvalue weighted by Gasteiger charge is -2.29. The van der Waals surface area contributed by atoms with E-state index in [1.165, 1.54) is 7.11 Å². The van der Waals surface area contributed by atoms with E-state index < -0.39 is 11.6 Å². The predicted molar refractivity (Wildman–Crippen MR) is 152 cm³/mol. The Morgan fingerprint density at radius 1 is 1.00 bits per heavy atom. The fourth-order valence-electron chi connectivity index (χ4n) is 5.16. The van der Waals surface area contributed by atoms with Crippen LogP contribution in [0, 0.1) is 11.8 Å². The van der Waals surface area contributed by atoms with Gasteiger partial charge in [-0.15, -0.1) is 0 Å². The average molecular weight is 546 g/mol. The van der Waals surface area contributed by atoms with Gasteiger partial charge >= 0.3 is 11.9 Å². The van der Waals surface area contributed by atoms with Crippen molar-refractivity contribution in [1.82, 2.24) is 15.3 Å². The van der Waals surface area contributed by atoms with Gasteiger partial charge in [0.05, 0.1) is 24.4 Å². The van der Waals surface area contributed by atoms with Crippen molar-refractivity contribution in [3.8, 4) is 11.3 Å². The second-order valence-corrected chi connectivity index (χ2v) is 11.5. The highest BCUT2D eigenvalue weighted by Crippen LogP contribution is 2.32. The molecule has 1 saturated carbocycles. The number of rotatable bonds is 9. The fourth-order valence-corrected chi connectivity index (χ4v) is 5.16. The van der Waals surface area contributed by atoms with Crippen molar-refractivity contribution in [2.45, 2.75) is 70.9 Å². The van der Waals surface area contributed by atoms with Crippen molar-refractivity contribution < 1.29 is 23.9 Å². The van der Waals surface area contributed by atoms with Crippen LogP contribution >= 0.6 is 0 Å². The minimum Gasteiger partial charge on any atom is -0.465 e. The van der Waals surface area contributed by atoms with Crippen LogP contribution in [0.4, 0.5) is 0 Å². The van der Waals surface area contributed by atoms with Gasteiger partial charge in [-0.1, -0.05) is 42.5 Å². The van der Waals surface area contributed by atoms with Gasteiger partial charge in [0.15, 0.2) is 0 Å². The molecule has 8 heteroatoms. The van der Waals surface area contributed by atoms with E-state index in [0.717, 1.165) is 42.5 Å². The first-order chi connectivity index (χ1) is 19.1. The van der Waals surface area contributed by atoms with Crippen LogP contribution in [0.25, 0.3) is 11.3 Å². The standard InChI is InChI=1S/C32H39N3O5/c1-32(2,3)40-28(36)19-22-10-12-24(13-11-22)30(37)35-26(18-21-8-6-5-7-9-21)29-33-20-27(34-29)23-14-16-25(17-15-23)31(38)39-4/h5-9,14-17,20,22,24,26H,10-13,18-19H2,1-4H3,(H,33,34)(H,35,37)/t22-,24-,26-/m0/s1. The molecule has 2 N–H and O–H groups in total. The molecule has 1 heterocycles. The summed E-state index contributed by atoms with van der Waals surface area (Å²) in [5.41, 5.74) is 2.65. The molecule has 0 aliphatic heterocycles. The number of hydrogen-bond donors (Lipinski definition) is 2. The molecule has 0 unspecified atom stereocenters. The Balaban J connectivity index is 1.42. The molecule has 1 atom stereocenters. The van der Waals surface area contributed by atoms with E-state index in [4.69, 9.17) is 14.5 Å². The second-order valence-electron chi connectivity index (χ2n) is 11.5. The van der Waals surface area contributed by atoms with E-state index >= 15 is 0 Å². The normalized spacial score (nSPS) is 18.0. The number of amides is 1. The summed E-state index contributed by atoms with van der Waals surface area (Å²) >= 11 is 0. The van der Waals surface area contributed by atoms with Crippen LogP contribution in [0.15, 0.2) is 60.8 Å². The summed E-state index contributed by atoms with van der Waals surface area (Å²) in [6, 6.07) is 16.7. The molecule has 4 rings (SSSR count). The van der Waals surface area contributed by atoms with Gasteiger partial charge in [0.2, 0.25) is 5.91 Å². The fraction of sp³-hybridized carbons (Fsp3) is 0.438. The predicted octanol–water partition coefficient (Wildman–Crippen LogP) is 5.80. The summed E-state index contributed by atoms with van der Waals surface area (Å²) in [6.45, 7) is 5.63. The number of benzene rings is 2. The zero-order valence-electron chi connectivity index (χ0n) is 23.7. The first-order valence-electron chi connectivity index (χ1n) is 13.9. The second kappa shape index (κ2) is 12.9. The first kappa shape index (κ1) is 29.1. The quantitative estimate of drug-likeness (QED) is 0.329. The molecule has 0 radical (unpaired) electrons. The Labute approximate surface area is 235 Å². The molecule has 1 fully saturated rings. The van der Waals surface area contributed by atoms with Gasteiger partial charge in [-0.05, 0) is 76.5 Å². The van der Waals surface area contributed by atoms with Gasteiger partial charge < -0.3 is 19.8 Å². The molecular weight excluding hydrogens is 506 g/mol. The van der Waals surface area contributed by atoms with Crippen LogP contribution < -0.4 is 5.32 Å². The van der Waals surface area contributed by atoms with Gasteiger partial charge in [-0.3, -0.25) is 9.59 Å². The molecule has 1 aromatic heterocycles. The monoisotopic (exact) mass is 545 g/mol. The van der Waals surface area contributed by atoms with E-state index in [9.17, 15) is 14.4 Å². The van der Waals surface area contributed by atoms with Gasteiger partial charge in [-0.25, -0.2) is 9.78 Å². The molecule has 1 aliphatic rings. The first-order valence-corrected chi connectivity index (χ1v) is 13.9. The SMILES string of the molecule is COC(=O)c1ccc(-c2c[nH]c([C@H](Cc3ccccc3)NC(=O)[C@H]3CC[C@H](CC(=O)OC(C)(C)C)CC3)n2)cc1. The Morgan fingerprint density at radius 2 is 1.68 bits per heavy atom. The Hall–Kier alpha value is -3.94. The van der Waals surface area contributed by atoms with E-state index in [0.29, 0.717) is 24.2 Å². The van der Waals surface area contributed by atoms with Crippen molar-refractivity contribution in [2.24, 2.45) is 11.8 Å². The minimum absolute atomic E-state index is 0.0111. The van der Waals surface area contributed by atoms with Crippen LogP contribution in [0.5, 0.6) is 0 Å². The Morgan fingerprint density at radius 3 is 2.30 bits per heavy atom. The molecule has 212 valence electrons. The van der Waals surface area contributed by atoms with Crippen LogP contribution in [0.1, 0.15) is 80.7 Å². The van der Waals surface area contributed by atoms with Crippen molar-refractivity contribution in [3.05, 3.63) is 77.7 Å². The highest BCUT2D eigenvalue weighted by molar-refractivity contribution is 5.89. The topological polar surface area (TPSA) is 110 Å². The summed E-state index contributed by atoms with van der Waals surface area (Å²) in [5.74, 6) is 0.265. The zero-order valence-corrected chi connectivity index (χ0v) is 23.7. The van der Waals surface area contributed by atoms with Crippen molar-refractivity contribution >= 4 is 17.8 Å². The number of esters is 2. The maximum atomic E-state index is 13.4. The number of carbonyl (C=O) groups is 3. The summed E-state index contributed by atoms with van der Waals surface area (Å²) in [6.07, 6.45) is 5.95. The van der Waals surface area contributed by atoms with E-state index in [1.807, 2.05) is 69.4 Å². The maximum Gasteiger partial charge on any atom is 0.337 e. The third-order valence-corrected chi connectivity index (χ3v) is 7.22. The van der Waals surface area contributed by atoms with Crippen LogP contribution in [0.2, 0.25) is 0 Å². The molecule has 1 amide bonds. The largest absolute Gasteiger partial charge is 0.465 e. The molecule has 8 nitrogen and oxygen atoms in total. The average Bonchev–Trinajstić information content (AvgIpc) is 3.42. The van der Waals surface area contributed by atoms with Crippen LogP contribution in [-0.4, -0.2) is 40.5 Å². The number of aromatic amines is 1. The lowest BCUT2D eigenvalue weighted by Crippen LogP contribution is -2.37. The molecule has 0 saturated heterocycles. The van der Waals surface area contributed by atoms with Crippen LogP contribution in [-0.2, 0) is 25.5 Å². The molecular formula is C32H39N3O5. The lowest BCUT2D eigenvalue weighted by atomic mass is 9.80. The van der Waals surface area contributed by atoms with E-state index in [1.54, 1.807) is 12.1 Å². The van der Waals surface area contributed by atoms with Crippen LogP contribution in [0.3, 0.4) is 0 Å². The van der Waals surface area contributed by atoms with Crippen molar-refractivity contribution in [3.63, 3.8) is 0 Å². The molecule has 1 aliphatic carbocycles. The zero-order chi connectivity index (χ0) is 28.7. The number of H-pyrrole nitrogens is 1. The maximum absolute atomic E-state index is 13.4. The van der Waals surface area contributed by atoms with E-state index in [2.05, 4.69) is 10.3 Å². The molecule has 40 heavy (non-hydrogen) atoms. The lowest BCUT2D eigenvalue weighted by molar-refractivity contribution is -0.156. The van der Waals surface area contributed by atoms with E-state index in [-0.39, 0.29) is 29.8 Å². The molecule has 2 aromatic carbocycles. The molecule has 0 bridgehead atoms. The number of carbonyl (C=O) groups excluding carboxylic acids is 3. The van der Waals surface area contributed by atoms with Crippen molar-refractivity contribution in [1.29, 1.82) is 0 Å². The number of nitrogens with zero attached hydrogens (tertiary/aromatic N) is 1. The highest BCUT2D eigenvalue weighted by Gasteiger charge is 2.30. The van der Waals surface area contributed by atoms with Gasteiger partial charge in [0.1, 0.15) is 11.4 Å². The summed E-state index contributed by atoms with van der Waals surface area (Å²) < 4.78 is 10.3. The number of imidazole rings is 1. The van der Waals surface area contributed by atoms with Gasteiger partial charge in [-0.2, -0.15) is 0 Å². The third kappa shape index (κ3) is 8.04. The van der Waals surface area contributed by atoms with Gasteiger partial charge in [0.25, 0.3) is 0 Å². The van der Waals surface area contributed by atoms with Gasteiger partial charge in [0, 0.05) is 24.1 Å². The molecule has 3 aromatic rings. The minimum atomic E-state index is -0.486. The number of ether oxygens (including phenoxy) is 2. The number of hydrogen-bond acceptors (Lipinski definition) is 6. The van der Waals surface area contributed by atoms with Crippen molar-refractivity contribution in [2.75, 3.05) is 7.11 Å². The highest BCUT2D eigenvalue weighted by atomic mass is 16.6. The molecule has 0 spiro atoms. The Bertz CT molecular complexity index is 1290. The summed E-state index contributed by atoms with van der Waals surface area (Å²) in [7, 11) is 1.35. The summed E-state index contributed by atoms with van der Waals surface area (Å²) in [4.78, 5) is 45.5.